The van der Waals surface area contributed by atoms with Gasteiger partial charge >= 0.3 is 12.1 Å². The van der Waals surface area contributed by atoms with Crippen LogP contribution in [0.2, 0.25) is 0 Å². The lowest BCUT2D eigenvalue weighted by Crippen LogP contribution is -2.60. The van der Waals surface area contributed by atoms with Gasteiger partial charge < -0.3 is 21.3 Å². The van der Waals surface area contributed by atoms with Crippen LogP contribution in [0.5, 0.6) is 0 Å². The molecule has 35 heavy (non-hydrogen) atoms. The number of alkyl halides is 3. The maximum Gasteiger partial charge on any atom is 0.471 e. The quantitative estimate of drug-likeness (QED) is 0.407. The summed E-state index contributed by atoms with van der Waals surface area (Å²) in [7, 11) is 0. The summed E-state index contributed by atoms with van der Waals surface area (Å²) in [5.74, 6) is -3.81. The second kappa shape index (κ2) is 9.97. The molecule has 1 saturated heterocycles. The number of rotatable bonds is 8. The normalized spacial score (nSPS) is 22.1. The Morgan fingerprint density at radius 3 is 2.00 bits per heavy atom. The molecule has 0 aromatic heterocycles. The molecule has 1 heterocycles. The minimum atomic E-state index is -5.15. The molecule has 0 radical (unpaired) electrons. The summed E-state index contributed by atoms with van der Waals surface area (Å²) in [4.78, 5) is 49.9. The maximum atomic E-state index is 13.1. The number of carbonyl (C=O) groups is 4. The van der Waals surface area contributed by atoms with Crippen LogP contribution in [-0.4, -0.2) is 53.5 Å². The number of amides is 4. The van der Waals surface area contributed by atoms with Crippen molar-refractivity contribution in [3.8, 4) is 0 Å². The van der Waals surface area contributed by atoms with Crippen molar-refractivity contribution in [2.24, 2.45) is 16.7 Å². The van der Waals surface area contributed by atoms with Gasteiger partial charge in [-0.3, -0.25) is 19.2 Å². The summed E-state index contributed by atoms with van der Waals surface area (Å²) in [6.07, 6.45) is -1.81. The lowest BCUT2D eigenvalue weighted by molar-refractivity contribution is -0.175. The van der Waals surface area contributed by atoms with Crippen molar-refractivity contribution >= 4 is 23.6 Å². The van der Waals surface area contributed by atoms with Gasteiger partial charge in [-0.25, -0.2) is 0 Å². The van der Waals surface area contributed by atoms with E-state index in [1.807, 2.05) is 20.8 Å². The zero-order chi connectivity index (χ0) is 27.0. The van der Waals surface area contributed by atoms with Crippen molar-refractivity contribution in [1.82, 2.24) is 21.3 Å². The molecule has 2 aliphatic rings. The van der Waals surface area contributed by atoms with Crippen LogP contribution in [0, 0.1) is 16.7 Å². The lowest BCUT2D eigenvalue weighted by atomic mass is 9.84. The Hall–Kier alpha value is -2.33. The van der Waals surface area contributed by atoms with Gasteiger partial charge in [-0.05, 0) is 49.9 Å². The molecule has 200 valence electrons. The summed E-state index contributed by atoms with van der Waals surface area (Å²) in [6, 6.07) is -2.90. The average Bonchev–Trinajstić information content (AvgIpc) is 3.32. The summed E-state index contributed by atoms with van der Waals surface area (Å²) in [5, 5.41) is 10.2. The molecule has 4 unspecified atom stereocenters. The largest absolute Gasteiger partial charge is 0.471 e. The van der Waals surface area contributed by atoms with Crippen LogP contribution in [0.25, 0.3) is 0 Å². The molecular formula is C24H39F3N4O4. The Bertz CT molecular complexity index is 841. The smallest absolute Gasteiger partial charge is 0.352 e. The van der Waals surface area contributed by atoms with E-state index in [4.69, 9.17) is 0 Å². The standard InChI is InChI=1S/C24H39F3N4O4/c1-13(10-14-11-23(8-9-23)31-17(14)32)28-18(33)15(12-21(2,3)4)29-19(34)16(22(5,6)7)30-20(35)24(25,26)27/h13-16H,8-12H2,1-7H3,(H,28,33)(H,29,34)(H,30,35)(H,31,32). The second-order valence-electron chi connectivity index (χ2n) is 12.4. The molecule has 1 aliphatic heterocycles. The van der Waals surface area contributed by atoms with Crippen molar-refractivity contribution in [1.29, 1.82) is 0 Å². The number of carbonyl (C=O) groups excluding carboxylic acids is 4. The molecule has 11 heteroatoms. The Kier molecular flexibility index (Phi) is 8.23. The van der Waals surface area contributed by atoms with Gasteiger partial charge in [-0.15, -0.1) is 0 Å². The van der Waals surface area contributed by atoms with Crippen molar-refractivity contribution < 1.29 is 32.3 Å². The molecule has 0 aromatic rings. The Labute approximate surface area is 204 Å². The van der Waals surface area contributed by atoms with Gasteiger partial charge in [0.2, 0.25) is 17.7 Å². The highest BCUT2D eigenvalue weighted by Gasteiger charge is 2.52. The first-order valence-corrected chi connectivity index (χ1v) is 12.0. The fourth-order valence-corrected chi connectivity index (χ4v) is 4.44. The Morgan fingerprint density at radius 2 is 1.57 bits per heavy atom. The topological polar surface area (TPSA) is 116 Å². The highest BCUT2D eigenvalue weighted by molar-refractivity contribution is 5.93. The highest BCUT2D eigenvalue weighted by atomic mass is 19.4. The van der Waals surface area contributed by atoms with Crippen molar-refractivity contribution in [3.05, 3.63) is 0 Å². The predicted molar refractivity (Wildman–Crippen MR) is 124 cm³/mol. The molecule has 1 saturated carbocycles. The van der Waals surface area contributed by atoms with Crippen molar-refractivity contribution in [2.75, 3.05) is 0 Å². The second-order valence-corrected chi connectivity index (χ2v) is 12.4. The molecule has 0 bridgehead atoms. The van der Waals surface area contributed by atoms with E-state index in [0.717, 1.165) is 19.3 Å². The minimum absolute atomic E-state index is 0.0171. The fraction of sp³-hybridized carbons (Fsp3) is 0.833. The van der Waals surface area contributed by atoms with Crippen LogP contribution >= 0.6 is 0 Å². The van der Waals surface area contributed by atoms with Gasteiger partial charge in [0.15, 0.2) is 0 Å². The van der Waals surface area contributed by atoms with E-state index in [0.29, 0.717) is 6.42 Å². The SMILES string of the molecule is CC(CC1CC2(CC2)NC1=O)NC(=O)C(CC(C)(C)C)NC(=O)C(NC(=O)C(F)(F)F)C(C)(C)C. The zero-order valence-electron chi connectivity index (χ0n) is 21.6. The van der Waals surface area contributed by atoms with Gasteiger partial charge in [-0.1, -0.05) is 41.5 Å². The molecule has 4 amide bonds. The number of halogens is 3. The van der Waals surface area contributed by atoms with E-state index in [1.54, 1.807) is 12.2 Å². The molecular weight excluding hydrogens is 465 g/mol. The minimum Gasteiger partial charge on any atom is -0.352 e. The van der Waals surface area contributed by atoms with E-state index in [-0.39, 0.29) is 29.8 Å². The van der Waals surface area contributed by atoms with Gasteiger partial charge in [-0.2, -0.15) is 13.2 Å². The highest BCUT2D eigenvalue weighted by Crippen LogP contribution is 2.46. The Morgan fingerprint density at radius 1 is 1.00 bits per heavy atom. The zero-order valence-corrected chi connectivity index (χ0v) is 21.6. The molecule has 4 N–H and O–H groups in total. The Balaban J connectivity index is 2.09. The van der Waals surface area contributed by atoms with Crippen molar-refractivity contribution in [2.45, 2.75) is 110 Å². The van der Waals surface area contributed by atoms with Gasteiger partial charge in [0.25, 0.3) is 0 Å². The third-order valence-electron chi connectivity index (χ3n) is 6.39. The molecule has 0 aromatic carbocycles. The van der Waals surface area contributed by atoms with Gasteiger partial charge in [0, 0.05) is 17.5 Å². The number of hydrogen-bond acceptors (Lipinski definition) is 4. The van der Waals surface area contributed by atoms with Crippen LogP contribution in [0.15, 0.2) is 0 Å². The summed E-state index contributed by atoms with van der Waals surface area (Å²) in [6.45, 7) is 11.9. The first-order chi connectivity index (χ1) is 15.7. The van der Waals surface area contributed by atoms with E-state index in [9.17, 15) is 32.3 Å². The number of nitrogens with one attached hydrogen (secondary N) is 4. The van der Waals surface area contributed by atoms with Crippen LogP contribution in [0.1, 0.15) is 80.6 Å². The van der Waals surface area contributed by atoms with E-state index in [2.05, 4.69) is 16.0 Å². The molecule has 8 nitrogen and oxygen atoms in total. The van der Waals surface area contributed by atoms with E-state index >= 15 is 0 Å². The third kappa shape index (κ3) is 8.38. The molecule has 4 atom stereocenters. The van der Waals surface area contributed by atoms with Crippen LogP contribution in [-0.2, 0) is 19.2 Å². The first kappa shape index (κ1) is 28.9. The predicted octanol–water partition coefficient (Wildman–Crippen LogP) is 2.56. The monoisotopic (exact) mass is 504 g/mol. The van der Waals surface area contributed by atoms with Crippen LogP contribution in [0.3, 0.4) is 0 Å². The first-order valence-electron chi connectivity index (χ1n) is 12.0. The summed E-state index contributed by atoms with van der Waals surface area (Å²) < 4.78 is 38.5. The molecule has 1 spiro atoms. The molecule has 2 rings (SSSR count). The van der Waals surface area contributed by atoms with Crippen molar-refractivity contribution in [3.63, 3.8) is 0 Å². The molecule has 1 aliphatic carbocycles. The van der Waals surface area contributed by atoms with Crippen LogP contribution < -0.4 is 21.3 Å². The average molecular weight is 505 g/mol. The number of hydrogen-bond donors (Lipinski definition) is 4. The molecule has 2 fully saturated rings. The van der Waals surface area contributed by atoms with E-state index in [1.165, 1.54) is 20.8 Å². The summed E-state index contributed by atoms with van der Waals surface area (Å²) >= 11 is 0. The van der Waals surface area contributed by atoms with Gasteiger partial charge in [0.1, 0.15) is 12.1 Å². The summed E-state index contributed by atoms with van der Waals surface area (Å²) in [5.41, 5.74) is -1.51. The maximum absolute atomic E-state index is 13.1. The fourth-order valence-electron chi connectivity index (χ4n) is 4.44. The lowest BCUT2D eigenvalue weighted by Gasteiger charge is -2.33. The third-order valence-corrected chi connectivity index (χ3v) is 6.39. The van der Waals surface area contributed by atoms with E-state index < -0.39 is 46.8 Å². The van der Waals surface area contributed by atoms with Crippen LogP contribution in [0.4, 0.5) is 13.2 Å². The van der Waals surface area contributed by atoms with Gasteiger partial charge in [0.05, 0.1) is 0 Å².